The summed E-state index contributed by atoms with van der Waals surface area (Å²) in [4.78, 5) is 32.5. The molecule has 3 N–H and O–H groups in total. The predicted octanol–water partition coefficient (Wildman–Crippen LogP) is -0.553. The van der Waals surface area contributed by atoms with Crippen LogP contribution < -0.4 is 21.4 Å². The summed E-state index contributed by atoms with van der Waals surface area (Å²) in [6.45, 7) is 1.86. The Bertz CT molecular complexity index is 1160. The number of imidazole rings is 1. The van der Waals surface area contributed by atoms with Gasteiger partial charge in [0, 0.05) is 18.3 Å². The van der Waals surface area contributed by atoms with E-state index in [2.05, 4.69) is 25.0 Å². The van der Waals surface area contributed by atoms with E-state index in [1.165, 1.54) is 6.42 Å². The van der Waals surface area contributed by atoms with Gasteiger partial charge in [0.05, 0.1) is 12.2 Å². The van der Waals surface area contributed by atoms with E-state index >= 15 is 0 Å². The third-order valence-corrected chi connectivity index (χ3v) is 4.89. The molecule has 10 nitrogen and oxygen atoms in total. The standard InChI is InChI=1S/C17H20N8O2/c26-14-12(20-17(27)22-14)8-10-9-18-25-13(10)21-15(24-6-2-1-3-7-24)23-16(25)19-11-4-5-11/h8-9,11,26H,1-7H2,(H2,20,22,27). The van der Waals surface area contributed by atoms with E-state index in [1.54, 1.807) is 16.8 Å². The summed E-state index contributed by atoms with van der Waals surface area (Å²) in [5.41, 5.74) is 0.970. The SMILES string of the molecule is O=c1[nH]c(O)c(C=c2cnn3c(=NC4CC4)nc(N4CCCCC4)nc23)[nH]1. The van der Waals surface area contributed by atoms with E-state index in [9.17, 15) is 9.90 Å². The maximum Gasteiger partial charge on any atom is 0.326 e. The summed E-state index contributed by atoms with van der Waals surface area (Å²) in [6.07, 6.45) is 8.90. The normalized spacial score (nSPS) is 19.3. The molecule has 0 bridgehead atoms. The average molecular weight is 368 g/mol. The summed E-state index contributed by atoms with van der Waals surface area (Å²) >= 11 is 0. The zero-order valence-electron chi connectivity index (χ0n) is 14.7. The molecule has 0 unspecified atom stereocenters. The lowest BCUT2D eigenvalue weighted by atomic mass is 10.1. The summed E-state index contributed by atoms with van der Waals surface area (Å²) < 4.78 is 1.62. The van der Waals surface area contributed by atoms with Crippen LogP contribution in [0.1, 0.15) is 37.8 Å². The number of aromatic amines is 2. The van der Waals surface area contributed by atoms with Gasteiger partial charge < -0.3 is 15.0 Å². The first-order chi connectivity index (χ1) is 13.2. The molecule has 2 fully saturated rings. The maximum atomic E-state index is 11.4. The van der Waals surface area contributed by atoms with Gasteiger partial charge in [0.25, 0.3) is 5.62 Å². The lowest BCUT2D eigenvalue weighted by Crippen LogP contribution is -2.34. The average Bonchev–Trinajstić information content (AvgIpc) is 3.31. The molecule has 2 aliphatic rings. The van der Waals surface area contributed by atoms with Gasteiger partial charge in [-0.05, 0) is 38.2 Å². The van der Waals surface area contributed by atoms with Crippen LogP contribution in [0.25, 0.3) is 11.7 Å². The number of nitrogens with zero attached hydrogens (tertiary/aromatic N) is 6. The fourth-order valence-electron chi connectivity index (χ4n) is 3.30. The number of aromatic hydroxyl groups is 1. The molecule has 1 aliphatic heterocycles. The quantitative estimate of drug-likeness (QED) is 0.569. The number of aromatic nitrogens is 6. The molecule has 0 spiro atoms. The minimum absolute atomic E-state index is 0.215. The number of hydrogen-bond acceptors (Lipinski definition) is 7. The molecule has 0 atom stereocenters. The number of piperidine rings is 1. The molecule has 5 rings (SSSR count). The van der Waals surface area contributed by atoms with Crippen molar-refractivity contribution in [1.29, 1.82) is 0 Å². The molecule has 1 aliphatic carbocycles. The summed E-state index contributed by atoms with van der Waals surface area (Å²) in [6, 6.07) is 0.305. The van der Waals surface area contributed by atoms with Crippen LogP contribution in [0.3, 0.4) is 0 Å². The van der Waals surface area contributed by atoms with E-state index in [0.29, 0.717) is 28.5 Å². The third-order valence-electron chi connectivity index (χ3n) is 4.89. The second-order valence-electron chi connectivity index (χ2n) is 7.05. The van der Waals surface area contributed by atoms with Gasteiger partial charge in [-0.2, -0.15) is 19.6 Å². The van der Waals surface area contributed by atoms with Crippen LogP contribution in [0.15, 0.2) is 16.0 Å². The Hall–Kier alpha value is -3.17. The number of hydrogen-bond donors (Lipinski definition) is 3. The highest BCUT2D eigenvalue weighted by atomic mass is 16.3. The first-order valence-electron chi connectivity index (χ1n) is 9.25. The Morgan fingerprint density at radius 3 is 2.70 bits per heavy atom. The van der Waals surface area contributed by atoms with Gasteiger partial charge in [0.2, 0.25) is 11.8 Å². The Morgan fingerprint density at radius 1 is 1.19 bits per heavy atom. The maximum absolute atomic E-state index is 11.4. The van der Waals surface area contributed by atoms with Crippen molar-refractivity contribution in [3.8, 4) is 5.88 Å². The van der Waals surface area contributed by atoms with Gasteiger partial charge in [-0.25, -0.2) is 9.79 Å². The van der Waals surface area contributed by atoms with E-state index in [0.717, 1.165) is 38.8 Å². The van der Waals surface area contributed by atoms with Crippen molar-refractivity contribution >= 4 is 17.7 Å². The van der Waals surface area contributed by atoms with Gasteiger partial charge in [0.1, 0.15) is 5.69 Å². The molecular weight excluding hydrogens is 348 g/mol. The molecule has 3 aromatic rings. The zero-order valence-corrected chi connectivity index (χ0v) is 14.7. The largest absolute Gasteiger partial charge is 0.493 e. The van der Waals surface area contributed by atoms with Gasteiger partial charge in [-0.3, -0.25) is 4.98 Å². The van der Waals surface area contributed by atoms with Crippen molar-refractivity contribution in [3.63, 3.8) is 0 Å². The Labute approximate surface area is 153 Å². The van der Waals surface area contributed by atoms with Crippen LogP contribution in [0.4, 0.5) is 5.95 Å². The highest BCUT2D eigenvalue weighted by Crippen LogP contribution is 2.22. The summed E-state index contributed by atoms with van der Waals surface area (Å²) in [5.74, 6) is 0.441. The van der Waals surface area contributed by atoms with Crippen LogP contribution in [-0.2, 0) is 0 Å². The smallest absolute Gasteiger partial charge is 0.326 e. The molecule has 10 heteroatoms. The number of nitrogens with one attached hydrogen (secondary N) is 2. The number of H-pyrrole nitrogens is 2. The van der Waals surface area contributed by atoms with Crippen molar-refractivity contribution in [2.24, 2.45) is 4.99 Å². The van der Waals surface area contributed by atoms with Crippen LogP contribution in [0.2, 0.25) is 0 Å². The van der Waals surface area contributed by atoms with Crippen molar-refractivity contribution in [3.05, 3.63) is 33.2 Å². The van der Waals surface area contributed by atoms with E-state index in [4.69, 9.17) is 9.98 Å². The van der Waals surface area contributed by atoms with E-state index in [1.807, 2.05) is 0 Å². The van der Waals surface area contributed by atoms with Crippen LogP contribution in [0.5, 0.6) is 5.88 Å². The highest BCUT2D eigenvalue weighted by molar-refractivity contribution is 5.57. The fourth-order valence-corrected chi connectivity index (χ4v) is 3.30. The number of rotatable bonds is 3. The lowest BCUT2D eigenvalue weighted by molar-refractivity contribution is 0.454. The van der Waals surface area contributed by atoms with Crippen molar-refractivity contribution in [1.82, 2.24) is 29.5 Å². The zero-order chi connectivity index (χ0) is 18.4. The molecular formula is C17H20N8O2. The molecule has 0 amide bonds. The fraction of sp³-hybridized carbons (Fsp3) is 0.471. The Balaban J connectivity index is 1.71. The van der Waals surface area contributed by atoms with Crippen LogP contribution in [-0.4, -0.2) is 53.8 Å². The topological polar surface area (TPSA) is 128 Å². The van der Waals surface area contributed by atoms with Crippen molar-refractivity contribution in [2.45, 2.75) is 38.1 Å². The molecule has 1 saturated heterocycles. The van der Waals surface area contributed by atoms with Crippen LogP contribution >= 0.6 is 0 Å². The summed E-state index contributed by atoms with van der Waals surface area (Å²) in [5, 5.41) is 14.9. The van der Waals surface area contributed by atoms with E-state index in [-0.39, 0.29) is 11.6 Å². The molecule has 1 saturated carbocycles. The second-order valence-corrected chi connectivity index (χ2v) is 7.05. The van der Waals surface area contributed by atoms with Crippen molar-refractivity contribution < 1.29 is 5.11 Å². The molecule has 0 aromatic carbocycles. The highest BCUT2D eigenvalue weighted by Gasteiger charge is 2.22. The van der Waals surface area contributed by atoms with Crippen LogP contribution in [0, 0.1) is 0 Å². The number of fused-ring (bicyclic) bond motifs is 1. The lowest BCUT2D eigenvalue weighted by Gasteiger charge is -2.26. The first-order valence-corrected chi connectivity index (χ1v) is 9.25. The minimum atomic E-state index is -0.469. The second kappa shape index (κ2) is 6.22. The monoisotopic (exact) mass is 368 g/mol. The molecule has 27 heavy (non-hydrogen) atoms. The number of anilines is 1. The van der Waals surface area contributed by atoms with Gasteiger partial charge in [0.15, 0.2) is 5.65 Å². The molecule has 140 valence electrons. The third kappa shape index (κ3) is 3.07. The Morgan fingerprint density at radius 2 is 2.00 bits per heavy atom. The Kier molecular flexibility index (Phi) is 3.69. The predicted molar refractivity (Wildman–Crippen MR) is 97.3 cm³/mol. The molecule has 0 radical (unpaired) electrons. The van der Waals surface area contributed by atoms with Gasteiger partial charge in [-0.1, -0.05) is 0 Å². The van der Waals surface area contributed by atoms with Crippen molar-refractivity contribution in [2.75, 3.05) is 18.0 Å². The van der Waals surface area contributed by atoms with Gasteiger partial charge >= 0.3 is 5.69 Å². The minimum Gasteiger partial charge on any atom is -0.493 e. The van der Waals surface area contributed by atoms with Gasteiger partial charge in [-0.15, -0.1) is 0 Å². The first kappa shape index (κ1) is 16.0. The molecule has 3 aromatic heterocycles. The van der Waals surface area contributed by atoms with E-state index < -0.39 is 5.69 Å². The molecule has 4 heterocycles. The summed E-state index contributed by atoms with van der Waals surface area (Å²) in [7, 11) is 0.